The number of halogens is 2. The van der Waals surface area contributed by atoms with Gasteiger partial charge in [0.25, 0.3) is 5.91 Å². The molecule has 0 aromatic heterocycles. The first-order valence-electron chi connectivity index (χ1n) is 15.5. The fourth-order valence-corrected chi connectivity index (χ4v) is 4.15. The van der Waals surface area contributed by atoms with Gasteiger partial charge >= 0.3 is 0 Å². The molecule has 0 spiro atoms. The number of para-hydroxylation sites is 1. The maximum absolute atomic E-state index is 13.7. The SMILES string of the molecule is CC(=O)CCC(=O)C(NC(=O)C1=C(F)CCC=C1F)C(C)C.CC(C)C.CCCC(CC(C)C#N)C(=O)Nc1ccccc1. The fraction of sp³-hybridized carbons (Fsp3) is 0.571. The highest BCUT2D eigenvalue weighted by molar-refractivity contribution is 6.01. The first-order valence-corrected chi connectivity index (χ1v) is 15.5. The first kappa shape index (κ1) is 40.3. The van der Waals surface area contributed by atoms with E-state index in [1.165, 1.54) is 6.92 Å². The number of nitriles is 1. The summed E-state index contributed by atoms with van der Waals surface area (Å²) in [6.45, 7) is 15.2. The first-order chi connectivity index (χ1) is 20.6. The summed E-state index contributed by atoms with van der Waals surface area (Å²) in [5.74, 6) is -2.64. The molecule has 9 heteroatoms. The van der Waals surface area contributed by atoms with Gasteiger partial charge in [0, 0.05) is 36.8 Å². The van der Waals surface area contributed by atoms with E-state index in [4.69, 9.17) is 5.26 Å². The van der Waals surface area contributed by atoms with Crippen molar-refractivity contribution in [2.75, 3.05) is 5.32 Å². The molecule has 3 unspecified atom stereocenters. The van der Waals surface area contributed by atoms with Gasteiger partial charge in [0.05, 0.1) is 12.1 Å². The molecule has 0 heterocycles. The Bertz CT molecular complexity index is 1170. The van der Waals surface area contributed by atoms with Crippen LogP contribution in [-0.2, 0) is 19.2 Å². The number of carbonyl (C=O) groups excluding carboxylic acids is 4. The van der Waals surface area contributed by atoms with Gasteiger partial charge in [-0.15, -0.1) is 0 Å². The molecule has 0 saturated carbocycles. The van der Waals surface area contributed by atoms with Crippen molar-refractivity contribution in [1.82, 2.24) is 5.32 Å². The Labute approximate surface area is 262 Å². The van der Waals surface area contributed by atoms with Crippen LogP contribution in [0.5, 0.6) is 0 Å². The minimum absolute atomic E-state index is 0.00168. The number of benzene rings is 1. The van der Waals surface area contributed by atoms with Crippen molar-refractivity contribution in [3.8, 4) is 6.07 Å². The van der Waals surface area contributed by atoms with Crippen LogP contribution in [-0.4, -0.2) is 29.4 Å². The van der Waals surface area contributed by atoms with Gasteiger partial charge in [-0.2, -0.15) is 5.26 Å². The maximum atomic E-state index is 13.7. The lowest BCUT2D eigenvalue weighted by Gasteiger charge is -2.22. The molecule has 1 aliphatic rings. The van der Waals surface area contributed by atoms with Gasteiger partial charge in [0.2, 0.25) is 5.91 Å². The van der Waals surface area contributed by atoms with Gasteiger partial charge in [-0.3, -0.25) is 14.4 Å². The Morgan fingerprint density at radius 2 is 1.57 bits per heavy atom. The lowest BCUT2D eigenvalue weighted by Crippen LogP contribution is -2.45. The molecule has 7 nitrogen and oxygen atoms in total. The van der Waals surface area contributed by atoms with Crippen LogP contribution in [0.15, 0.2) is 53.6 Å². The number of hydrogen-bond acceptors (Lipinski definition) is 5. The highest BCUT2D eigenvalue weighted by Crippen LogP contribution is 2.27. The summed E-state index contributed by atoms with van der Waals surface area (Å²) in [5.41, 5.74) is 0.185. The Hall–Kier alpha value is -3.67. The molecule has 2 rings (SSSR count). The minimum atomic E-state index is -0.930. The van der Waals surface area contributed by atoms with Crippen molar-refractivity contribution in [2.24, 2.45) is 23.7 Å². The number of allylic oxidation sites excluding steroid dienone is 2. The standard InChI is InChI=1S/C16H21F2NO3.C15H20N2O.C4H10/c1-9(2)15(13(21)8-7-10(3)20)19-16(22)14-11(17)5-4-6-12(14)18;1-3-7-13(10-12(2)11-16)15(18)17-14-8-5-4-6-9-14;1-4(2)3/h5,9,15H,4,6-8H2,1-3H3,(H,19,22);4-6,8-9,12-13H,3,7,10H2,1-2H3,(H,17,18);4H,1-3H3. The van der Waals surface area contributed by atoms with E-state index in [-0.39, 0.29) is 60.9 Å². The summed E-state index contributed by atoms with van der Waals surface area (Å²) in [5, 5.41) is 14.1. The van der Waals surface area contributed by atoms with Crippen molar-refractivity contribution in [3.05, 3.63) is 53.6 Å². The molecule has 1 aromatic rings. The predicted molar refractivity (Wildman–Crippen MR) is 172 cm³/mol. The lowest BCUT2D eigenvalue weighted by atomic mass is 9.92. The third-order valence-corrected chi connectivity index (χ3v) is 6.36. The zero-order valence-electron chi connectivity index (χ0n) is 27.6. The Balaban J connectivity index is 0.000000760. The predicted octanol–water partition coefficient (Wildman–Crippen LogP) is 8.19. The van der Waals surface area contributed by atoms with Crippen LogP contribution in [0.1, 0.15) is 100 Å². The van der Waals surface area contributed by atoms with Crippen molar-refractivity contribution >= 4 is 29.1 Å². The molecule has 0 aliphatic heterocycles. The smallest absolute Gasteiger partial charge is 0.257 e. The second kappa shape index (κ2) is 21.9. The molecule has 1 aliphatic carbocycles. The van der Waals surface area contributed by atoms with Gasteiger partial charge in [-0.05, 0) is 63.2 Å². The Morgan fingerprint density at radius 1 is 0.977 bits per heavy atom. The zero-order valence-corrected chi connectivity index (χ0v) is 27.6. The van der Waals surface area contributed by atoms with E-state index >= 15 is 0 Å². The highest BCUT2D eigenvalue weighted by Gasteiger charge is 2.29. The monoisotopic (exact) mass is 615 g/mol. The van der Waals surface area contributed by atoms with Gasteiger partial charge in [0.1, 0.15) is 23.0 Å². The molecule has 244 valence electrons. The van der Waals surface area contributed by atoms with Crippen LogP contribution in [0, 0.1) is 35.0 Å². The summed E-state index contributed by atoms with van der Waals surface area (Å²) in [6.07, 6.45) is 3.82. The van der Waals surface area contributed by atoms with Crippen LogP contribution in [0.2, 0.25) is 0 Å². The van der Waals surface area contributed by atoms with Crippen molar-refractivity contribution < 1.29 is 28.0 Å². The minimum Gasteiger partial charge on any atom is -0.342 e. The quantitative estimate of drug-likeness (QED) is 0.232. The van der Waals surface area contributed by atoms with Crippen molar-refractivity contribution in [2.45, 2.75) is 106 Å². The van der Waals surface area contributed by atoms with E-state index in [1.807, 2.05) is 37.3 Å². The second-order valence-electron chi connectivity index (χ2n) is 12.1. The topological polar surface area (TPSA) is 116 Å². The number of nitrogens with zero attached hydrogens (tertiary/aromatic N) is 1. The van der Waals surface area contributed by atoms with E-state index < -0.39 is 29.2 Å². The summed E-state index contributed by atoms with van der Waals surface area (Å²) in [6, 6.07) is 10.8. The molecule has 0 fully saturated rings. The normalized spacial score (nSPS) is 14.5. The van der Waals surface area contributed by atoms with E-state index in [9.17, 15) is 28.0 Å². The van der Waals surface area contributed by atoms with Gasteiger partial charge in [-0.1, -0.05) is 66.2 Å². The van der Waals surface area contributed by atoms with Gasteiger partial charge in [0.15, 0.2) is 5.78 Å². The molecule has 2 N–H and O–H groups in total. The van der Waals surface area contributed by atoms with Crippen LogP contribution >= 0.6 is 0 Å². The average molecular weight is 616 g/mol. The number of anilines is 1. The summed E-state index contributed by atoms with van der Waals surface area (Å²) in [7, 11) is 0. The molecule has 44 heavy (non-hydrogen) atoms. The number of nitrogens with one attached hydrogen (secondary N) is 2. The molecule has 3 atom stereocenters. The molecule has 2 amide bonds. The average Bonchev–Trinajstić information content (AvgIpc) is 2.94. The fourth-order valence-electron chi connectivity index (χ4n) is 4.15. The number of rotatable bonds is 13. The van der Waals surface area contributed by atoms with Crippen LogP contribution < -0.4 is 10.6 Å². The van der Waals surface area contributed by atoms with Crippen LogP contribution in [0.25, 0.3) is 0 Å². The molecule has 0 radical (unpaired) electrons. The maximum Gasteiger partial charge on any atom is 0.257 e. The molecular weight excluding hydrogens is 564 g/mol. The molecular formula is C35H51F2N3O4. The number of Topliss-reactive ketones (excluding diaryl/α,β-unsaturated/α-hetero) is 2. The molecule has 1 aromatic carbocycles. The third-order valence-electron chi connectivity index (χ3n) is 6.36. The van der Waals surface area contributed by atoms with E-state index in [0.717, 1.165) is 30.5 Å². The van der Waals surface area contributed by atoms with Crippen LogP contribution in [0.3, 0.4) is 0 Å². The highest BCUT2D eigenvalue weighted by atomic mass is 19.1. The Kier molecular flexibility index (Phi) is 20.1. The summed E-state index contributed by atoms with van der Waals surface area (Å²) >= 11 is 0. The molecule has 0 bridgehead atoms. The van der Waals surface area contributed by atoms with Crippen molar-refractivity contribution in [1.29, 1.82) is 5.26 Å². The number of hydrogen-bond donors (Lipinski definition) is 2. The Morgan fingerprint density at radius 3 is 2.05 bits per heavy atom. The zero-order chi connectivity index (χ0) is 33.8. The number of ketones is 2. The van der Waals surface area contributed by atoms with E-state index in [2.05, 4.69) is 44.4 Å². The van der Waals surface area contributed by atoms with Crippen molar-refractivity contribution in [3.63, 3.8) is 0 Å². The number of amides is 2. The largest absolute Gasteiger partial charge is 0.342 e. The third kappa shape index (κ3) is 16.8. The second-order valence-corrected chi connectivity index (χ2v) is 12.1. The van der Waals surface area contributed by atoms with E-state index in [0.29, 0.717) is 6.42 Å². The lowest BCUT2D eigenvalue weighted by molar-refractivity contribution is -0.128. The molecule has 0 saturated heterocycles. The summed E-state index contributed by atoms with van der Waals surface area (Å²) in [4.78, 5) is 47.2. The van der Waals surface area contributed by atoms with Gasteiger partial charge in [-0.25, -0.2) is 8.78 Å². The van der Waals surface area contributed by atoms with Crippen LogP contribution in [0.4, 0.5) is 14.5 Å². The summed E-state index contributed by atoms with van der Waals surface area (Å²) < 4.78 is 27.3. The number of carbonyl (C=O) groups is 4. The van der Waals surface area contributed by atoms with E-state index in [1.54, 1.807) is 13.8 Å². The van der Waals surface area contributed by atoms with Gasteiger partial charge < -0.3 is 15.4 Å².